The quantitative estimate of drug-likeness (QED) is 0.804. The number of rotatable bonds is 3. The summed E-state index contributed by atoms with van der Waals surface area (Å²) in [7, 11) is 0. The predicted octanol–water partition coefficient (Wildman–Crippen LogP) is 5.11. The molecular weight excluding hydrogens is 249 g/mol. The van der Waals surface area contributed by atoms with Gasteiger partial charge in [-0.05, 0) is 55.7 Å². The average molecular weight is 270 g/mol. The van der Waals surface area contributed by atoms with Crippen LogP contribution in [0.1, 0.15) is 39.5 Å². The Morgan fingerprint density at radius 2 is 1.89 bits per heavy atom. The number of hydrogen-bond acceptors (Lipinski definition) is 1. The van der Waals surface area contributed by atoms with Gasteiger partial charge < -0.3 is 5.32 Å². The number of halogens is 2. The van der Waals surface area contributed by atoms with Crippen LogP contribution >= 0.6 is 11.6 Å². The minimum absolute atomic E-state index is 0.184. The lowest BCUT2D eigenvalue weighted by Crippen LogP contribution is -2.27. The van der Waals surface area contributed by atoms with E-state index in [0.717, 1.165) is 17.5 Å². The van der Waals surface area contributed by atoms with Crippen molar-refractivity contribution < 1.29 is 4.39 Å². The minimum Gasteiger partial charge on any atom is -0.382 e. The van der Waals surface area contributed by atoms with Gasteiger partial charge in [0.2, 0.25) is 0 Å². The molecule has 1 aliphatic rings. The second-order valence-electron chi connectivity index (χ2n) is 5.63. The fourth-order valence-corrected chi connectivity index (χ4v) is 2.87. The van der Waals surface area contributed by atoms with E-state index in [1.54, 1.807) is 6.07 Å². The largest absolute Gasteiger partial charge is 0.382 e. The van der Waals surface area contributed by atoms with Crippen molar-refractivity contribution in [3.8, 4) is 0 Å². The van der Waals surface area contributed by atoms with Crippen molar-refractivity contribution in [3.63, 3.8) is 0 Å². The molecular formula is C15H21ClFN. The molecule has 1 aliphatic carbocycles. The van der Waals surface area contributed by atoms with Gasteiger partial charge in [-0.25, -0.2) is 4.39 Å². The first-order valence-electron chi connectivity index (χ1n) is 6.78. The lowest BCUT2D eigenvalue weighted by molar-refractivity contribution is 0.267. The van der Waals surface area contributed by atoms with E-state index in [1.165, 1.54) is 31.7 Å². The molecule has 0 amide bonds. The topological polar surface area (TPSA) is 12.0 Å². The summed E-state index contributed by atoms with van der Waals surface area (Å²) < 4.78 is 13.3. The van der Waals surface area contributed by atoms with Gasteiger partial charge in [0.1, 0.15) is 5.82 Å². The molecule has 1 aromatic carbocycles. The van der Waals surface area contributed by atoms with Crippen molar-refractivity contribution in [2.24, 2.45) is 11.8 Å². The minimum atomic E-state index is -0.350. The molecule has 3 heteroatoms. The van der Waals surface area contributed by atoms with E-state index in [2.05, 4.69) is 19.2 Å². The number of nitrogens with one attached hydrogen (secondary N) is 1. The summed E-state index contributed by atoms with van der Waals surface area (Å²) in [6.45, 7) is 4.60. The fraction of sp³-hybridized carbons (Fsp3) is 0.600. The van der Waals surface area contributed by atoms with Crippen LogP contribution in [0.4, 0.5) is 10.1 Å². The summed E-state index contributed by atoms with van der Waals surface area (Å²) in [5.74, 6) is 1.28. The van der Waals surface area contributed by atoms with Gasteiger partial charge in [0.25, 0.3) is 0 Å². The van der Waals surface area contributed by atoms with Crippen LogP contribution in [0.15, 0.2) is 18.2 Å². The zero-order valence-corrected chi connectivity index (χ0v) is 11.8. The number of hydrogen-bond donors (Lipinski definition) is 1. The zero-order chi connectivity index (χ0) is 13.1. The van der Waals surface area contributed by atoms with Crippen molar-refractivity contribution in [2.45, 2.75) is 45.6 Å². The molecule has 0 aliphatic heterocycles. The molecule has 0 atom stereocenters. The van der Waals surface area contributed by atoms with Gasteiger partial charge in [-0.3, -0.25) is 0 Å². The number of benzene rings is 1. The summed E-state index contributed by atoms with van der Waals surface area (Å²) in [6, 6.07) is 5.41. The highest BCUT2D eigenvalue weighted by atomic mass is 35.5. The van der Waals surface area contributed by atoms with E-state index in [4.69, 9.17) is 11.6 Å². The van der Waals surface area contributed by atoms with Crippen molar-refractivity contribution >= 4 is 17.3 Å². The summed E-state index contributed by atoms with van der Waals surface area (Å²) >= 11 is 5.67. The molecule has 0 heterocycles. The SMILES string of the molecule is CC(C)C1CCC(Nc2ccc(Cl)c(F)c2)CC1. The summed E-state index contributed by atoms with van der Waals surface area (Å²) in [5.41, 5.74) is 0.838. The van der Waals surface area contributed by atoms with Gasteiger partial charge in [0.05, 0.1) is 5.02 Å². The molecule has 0 spiro atoms. The lowest BCUT2D eigenvalue weighted by atomic mass is 9.79. The standard InChI is InChI=1S/C15H21ClFN/c1-10(2)11-3-5-12(6-4-11)18-13-7-8-14(16)15(17)9-13/h7-12,18H,3-6H2,1-2H3. The average Bonchev–Trinajstić information content (AvgIpc) is 2.34. The van der Waals surface area contributed by atoms with Gasteiger partial charge in [0.15, 0.2) is 0 Å². The molecule has 0 unspecified atom stereocenters. The van der Waals surface area contributed by atoms with E-state index in [9.17, 15) is 4.39 Å². The monoisotopic (exact) mass is 269 g/mol. The van der Waals surface area contributed by atoms with Crippen LogP contribution in [0.3, 0.4) is 0 Å². The Morgan fingerprint density at radius 3 is 2.44 bits per heavy atom. The summed E-state index contributed by atoms with van der Waals surface area (Å²) in [6.07, 6.45) is 4.89. The molecule has 0 radical (unpaired) electrons. The Bertz CT molecular complexity index is 397. The normalized spacial score (nSPS) is 24.3. The van der Waals surface area contributed by atoms with Gasteiger partial charge in [-0.15, -0.1) is 0 Å². The highest BCUT2D eigenvalue weighted by Gasteiger charge is 2.23. The van der Waals surface area contributed by atoms with Gasteiger partial charge in [0, 0.05) is 11.7 Å². The van der Waals surface area contributed by atoms with E-state index in [-0.39, 0.29) is 10.8 Å². The Morgan fingerprint density at radius 1 is 1.22 bits per heavy atom. The Kier molecular flexibility index (Phi) is 4.50. The fourth-order valence-electron chi connectivity index (χ4n) is 2.75. The predicted molar refractivity (Wildman–Crippen MR) is 75.6 cm³/mol. The van der Waals surface area contributed by atoms with Crippen LogP contribution in [0.5, 0.6) is 0 Å². The second kappa shape index (κ2) is 5.92. The van der Waals surface area contributed by atoms with Crippen molar-refractivity contribution in [2.75, 3.05) is 5.32 Å². The van der Waals surface area contributed by atoms with E-state index in [0.29, 0.717) is 6.04 Å². The highest BCUT2D eigenvalue weighted by molar-refractivity contribution is 6.30. The molecule has 0 bridgehead atoms. The van der Waals surface area contributed by atoms with E-state index in [1.807, 2.05) is 6.07 Å². The highest BCUT2D eigenvalue weighted by Crippen LogP contribution is 2.31. The first-order chi connectivity index (χ1) is 8.56. The third-order valence-corrected chi connectivity index (χ3v) is 4.31. The number of anilines is 1. The maximum Gasteiger partial charge on any atom is 0.143 e. The van der Waals surface area contributed by atoms with Crippen molar-refractivity contribution in [1.82, 2.24) is 0 Å². The molecule has 18 heavy (non-hydrogen) atoms. The molecule has 1 fully saturated rings. The smallest absolute Gasteiger partial charge is 0.143 e. The van der Waals surface area contributed by atoms with Crippen molar-refractivity contribution in [1.29, 1.82) is 0 Å². The van der Waals surface area contributed by atoms with Crippen LogP contribution < -0.4 is 5.32 Å². The summed E-state index contributed by atoms with van der Waals surface area (Å²) in [5, 5.41) is 3.59. The lowest BCUT2D eigenvalue weighted by Gasteiger charge is -2.31. The molecule has 100 valence electrons. The van der Waals surface area contributed by atoms with E-state index >= 15 is 0 Å². The second-order valence-corrected chi connectivity index (χ2v) is 6.04. The maximum absolute atomic E-state index is 13.3. The molecule has 1 aromatic rings. The molecule has 1 N–H and O–H groups in total. The van der Waals surface area contributed by atoms with Crippen LogP contribution in [-0.2, 0) is 0 Å². The first-order valence-corrected chi connectivity index (χ1v) is 7.15. The Balaban J connectivity index is 1.89. The summed E-state index contributed by atoms with van der Waals surface area (Å²) in [4.78, 5) is 0. The third kappa shape index (κ3) is 3.38. The Hall–Kier alpha value is -0.760. The Labute approximate surface area is 114 Å². The molecule has 0 aromatic heterocycles. The molecule has 1 nitrogen and oxygen atoms in total. The van der Waals surface area contributed by atoms with Crippen molar-refractivity contribution in [3.05, 3.63) is 29.0 Å². The van der Waals surface area contributed by atoms with Gasteiger partial charge in [-0.2, -0.15) is 0 Å². The van der Waals surface area contributed by atoms with Crippen LogP contribution in [0.25, 0.3) is 0 Å². The van der Waals surface area contributed by atoms with Crippen LogP contribution in [-0.4, -0.2) is 6.04 Å². The van der Waals surface area contributed by atoms with Crippen LogP contribution in [0.2, 0.25) is 5.02 Å². The van der Waals surface area contributed by atoms with Gasteiger partial charge >= 0.3 is 0 Å². The third-order valence-electron chi connectivity index (χ3n) is 4.01. The van der Waals surface area contributed by atoms with Gasteiger partial charge in [-0.1, -0.05) is 25.4 Å². The molecule has 0 saturated heterocycles. The zero-order valence-electron chi connectivity index (χ0n) is 11.0. The molecule has 2 rings (SSSR count). The van der Waals surface area contributed by atoms with E-state index < -0.39 is 0 Å². The van der Waals surface area contributed by atoms with Crippen LogP contribution in [0, 0.1) is 17.7 Å². The maximum atomic E-state index is 13.3. The first kappa shape index (κ1) is 13.7. The molecule has 1 saturated carbocycles.